The molecule has 0 atom stereocenters. The van der Waals surface area contributed by atoms with E-state index in [0.29, 0.717) is 16.9 Å². The van der Waals surface area contributed by atoms with Crippen molar-refractivity contribution in [1.29, 1.82) is 0 Å². The monoisotopic (exact) mass is 233 g/mol. The molecule has 1 aromatic heterocycles. The van der Waals surface area contributed by atoms with Crippen molar-refractivity contribution in [3.8, 4) is 0 Å². The van der Waals surface area contributed by atoms with Crippen molar-refractivity contribution in [2.45, 2.75) is 46.6 Å². The number of rotatable bonds is 4. The van der Waals surface area contributed by atoms with Gasteiger partial charge in [-0.25, -0.2) is 4.98 Å². The molecule has 0 aliphatic heterocycles. The molecule has 3 heteroatoms. The second kappa shape index (κ2) is 3.27. The van der Waals surface area contributed by atoms with E-state index in [1.807, 2.05) is 6.20 Å². The van der Waals surface area contributed by atoms with Crippen LogP contribution < -0.4 is 5.32 Å². The van der Waals surface area contributed by atoms with Crippen molar-refractivity contribution in [2.24, 2.45) is 16.7 Å². The molecular weight excluding hydrogens is 210 g/mol. The number of hydrogen-bond acceptors (Lipinski definition) is 2. The predicted octanol–water partition coefficient (Wildman–Crippen LogP) is 3.31. The third-order valence-corrected chi connectivity index (χ3v) is 5.39. The molecule has 0 unspecified atom stereocenters. The largest absolute Gasteiger partial charge is 0.355 e. The molecule has 0 aromatic carbocycles. The van der Waals surface area contributed by atoms with Crippen LogP contribution in [0.3, 0.4) is 0 Å². The maximum absolute atomic E-state index is 4.42. The lowest BCUT2D eigenvalue weighted by atomic mass is 10.0. The maximum Gasteiger partial charge on any atom is 0.203 e. The van der Waals surface area contributed by atoms with Gasteiger partial charge in [-0.15, -0.1) is 0 Å². The van der Waals surface area contributed by atoms with Gasteiger partial charge in [-0.05, 0) is 29.6 Å². The van der Waals surface area contributed by atoms with Gasteiger partial charge in [-0.1, -0.05) is 27.7 Å². The highest BCUT2D eigenvalue weighted by Crippen LogP contribution is 2.68. The molecule has 17 heavy (non-hydrogen) atoms. The second-order valence-electron chi connectivity index (χ2n) is 6.77. The Kier molecular flexibility index (Phi) is 2.14. The van der Waals surface area contributed by atoms with Crippen molar-refractivity contribution >= 4 is 5.95 Å². The molecular formula is C14H23N3. The molecule has 0 amide bonds. The van der Waals surface area contributed by atoms with Crippen LogP contribution in [0.4, 0.5) is 5.95 Å². The summed E-state index contributed by atoms with van der Waals surface area (Å²) in [7, 11) is 0. The summed E-state index contributed by atoms with van der Waals surface area (Å²) < 4.78 is 2.29. The van der Waals surface area contributed by atoms with Crippen molar-refractivity contribution in [1.82, 2.24) is 9.55 Å². The molecule has 1 aromatic rings. The van der Waals surface area contributed by atoms with Gasteiger partial charge in [0.15, 0.2) is 0 Å². The first-order chi connectivity index (χ1) is 7.94. The standard InChI is InChI=1S/C14H23N3/c1-13(2)11(14(13,3)4)9-16-12-15-7-8-17(12)10-5-6-10/h7-8,10-11H,5-6,9H2,1-4H3,(H,15,16). The predicted molar refractivity (Wildman–Crippen MR) is 70.0 cm³/mol. The van der Waals surface area contributed by atoms with E-state index in [2.05, 4.69) is 48.8 Å². The third-order valence-electron chi connectivity index (χ3n) is 5.39. The van der Waals surface area contributed by atoms with Crippen LogP contribution in [-0.2, 0) is 0 Å². The van der Waals surface area contributed by atoms with E-state index in [1.54, 1.807) is 0 Å². The third kappa shape index (κ3) is 1.59. The van der Waals surface area contributed by atoms with Crippen molar-refractivity contribution in [3.63, 3.8) is 0 Å². The Bertz CT molecular complexity index is 412. The lowest BCUT2D eigenvalue weighted by molar-refractivity contribution is 0.457. The summed E-state index contributed by atoms with van der Waals surface area (Å²) in [6.45, 7) is 10.5. The van der Waals surface area contributed by atoms with E-state index >= 15 is 0 Å². The second-order valence-corrected chi connectivity index (χ2v) is 6.77. The fraction of sp³-hybridized carbons (Fsp3) is 0.786. The van der Waals surface area contributed by atoms with Crippen molar-refractivity contribution in [3.05, 3.63) is 12.4 Å². The highest BCUT2D eigenvalue weighted by atomic mass is 15.2. The molecule has 1 N–H and O–H groups in total. The lowest BCUT2D eigenvalue weighted by Crippen LogP contribution is -2.12. The van der Waals surface area contributed by atoms with Crippen LogP contribution in [0.5, 0.6) is 0 Å². The molecule has 2 aliphatic carbocycles. The molecule has 94 valence electrons. The van der Waals surface area contributed by atoms with Crippen LogP contribution in [0.25, 0.3) is 0 Å². The van der Waals surface area contributed by atoms with Crippen LogP contribution in [0.1, 0.15) is 46.6 Å². The first-order valence-electron chi connectivity index (χ1n) is 6.71. The fourth-order valence-corrected chi connectivity index (χ4v) is 3.13. The van der Waals surface area contributed by atoms with Crippen LogP contribution >= 0.6 is 0 Å². The average Bonchev–Trinajstić information content (AvgIpc) is 3.07. The Balaban J connectivity index is 1.63. The minimum atomic E-state index is 0.455. The molecule has 3 nitrogen and oxygen atoms in total. The van der Waals surface area contributed by atoms with E-state index < -0.39 is 0 Å². The summed E-state index contributed by atoms with van der Waals surface area (Å²) in [5.74, 6) is 1.81. The summed E-state index contributed by atoms with van der Waals surface area (Å²) in [5, 5.41) is 3.54. The van der Waals surface area contributed by atoms with Gasteiger partial charge in [-0.3, -0.25) is 0 Å². The lowest BCUT2D eigenvalue weighted by Gasteiger charge is -2.09. The van der Waals surface area contributed by atoms with E-state index in [1.165, 1.54) is 12.8 Å². The molecule has 0 bridgehead atoms. The van der Waals surface area contributed by atoms with E-state index in [4.69, 9.17) is 0 Å². The van der Waals surface area contributed by atoms with Gasteiger partial charge in [-0.2, -0.15) is 0 Å². The summed E-state index contributed by atoms with van der Waals surface area (Å²) in [4.78, 5) is 4.42. The molecule has 2 aliphatic rings. The number of nitrogens with zero attached hydrogens (tertiary/aromatic N) is 2. The first-order valence-corrected chi connectivity index (χ1v) is 6.71. The highest BCUT2D eigenvalue weighted by Gasteiger charge is 2.64. The summed E-state index contributed by atoms with van der Waals surface area (Å²) >= 11 is 0. The molecule has 2 fully saturated rings. The van der Waals surface area contributed by atoms with Gasteiger partial charge < -0.3 is 9.88 Å². The van der Waals surface area contributed by atoms with Gasteiger partial charge >= 0.3 is 0 Å². The molecule has 3 rings (SSSR count). The normalized spacial score (nSPS) is 25.9. The number of nitrogens with one attached hydrogen (secondary N) is 1. The summed E-state index contributed by atoms with van der Waals surface area (Å²) in [6.07, 6.45) is 6.63. The zero-order valence-electron chi connectivity index (χ0n) is 11.3. The van der Waals surface area contributed by atoms with Gasteiger partial charge in [0.05, 0.1) is 0 Å². The quantitative estimate of drug-likeness (QED) is 0.864. The smallest absolute Gasteiger partial charge is 0.203 e. The topological polar surface area (TPSA) is 29.9 Å². The van der Waals surface area contributed by atoms with E-state index in [0.717, 1.165) is 18.4 Å². The zero-order valence-corrected chi connectivity index (χ0v) is 11.3. The molecule has 1 heterocycles. The summed E-state index contributed by atoms with van der Waals surface area (Å²) in [5.41, 5.74) is 0.911. The van der Waals surface area contributed by atoms with Crippen LogP contribution in [0, 0.1) is 16.7 Å². The van der Waals surface area contributed by atoms with E-state index in [-0.39, 0.29) is 0 Å². The zero-order chi connectivity index (χ0) is 12.3. The maximum atomic E-state index is 4.42. The van der Waals surface area contributed by atoms with Gasteiger partial charge in [0, 0.05) is 25.0 Å². The van der Waals surface area contributed by atoms with Gasteiger partial charge in [0.25, 0.3) is 0 Å². The SMILES string of the molecule is CC1(C)C(CNc2nccn2C2CC2)C1(C)C. The fourth-order valence-electron chi connectivity index (χ4n) is 3.13. The Morgan fingerprint density at radius 1 is 1.29 bits per heavy atom. The highest BCUT2D eigenvalue weighted by molar-refractivity contribution is 5.30. The molecule has 0 saturated heterocycles. The number of imidazole rings is 1. The Hall–Kier alpha value is -0.990. The Morgan fingerprint density at radius 3 is 2.47 bits per heavy atom. The van der Waals surface area contributed by atoms with Crippen molar-refractivity contribution in [2.75, 3.05) is 11.9 Å². The Morgan fingerprint density at radius 2 is 1.94 bits per heavy atom. The van der Waals surface area contributed by atoms with Gasteiger partial charge in [0.2, 0.25) is 5.95 Å². The van der Waals surface area contributed by atoms with E-state index in [9.17, 15) is 0 Å². The van der Waals surface area contributed by atoms with Crippen LogP contribution in [0.15, 0.2) is 12.4 Å². The van der Waals surface area contributed by atoms with Crippen LogP contribution in [-0.4, -0.2) is 16.1 Å². The minimum absolute atomic E-state index is 0.455. The molecule has 0 spiro atoms. The van der Waals surface area contributed by atoms with Crippen molar-refractivity contribution < 1.29 is 0 Å². The summed E-state index contributed by atoms with van der Waals surface area (Å²) in [6, 6.07) is 0.709. The number of aromatic nitrogens is 2. The van der Waals surface area contributed by atoms with Crippen LogP contribution in [0.2, 0.25) is 0 Å². The molecule has 2 saturated carbocycles. The van der Waals surface area contributed by atoms with Gasteiger partial charge in [0.1, 0.15) is 0 Å². The average molecular weight is 233 g/mol. The minimum Gasteiger partial charge on any atom is -0.355 e. The molecule has 0 radical (unpaired) electrons. The number of anilines is 1. The number of hydrogen-bond donors (Lipinski definition) is 1. The Labute approximate surface area is 104 Å². The first kappa shape index (κ1) is 11.1.